The second kappa shape index (κ2) is 9.45. The Balaban J connectivity index is 2.14. The molecule has 0 saturated carbocycles. The van der Waals surface area contributed by atoms with Crippen LogP contribution in [0.15, 0.2) is 59.3 Å². The van der Waals surface area contributed by atoms with Gasteiger partial charge >= 0.3 is 5.97 Å². The van der Waals surface area contributed by atoms with E-state index in [0.29, 0.717) is 0 Å². The molecule has 0 spiro atoms. The number of sulfonamides is 1. The summed E-state index contributed by atoms with van der Waals surface area (Å²) in [7, 11) is -2.37. The Hall–Kier alpha value is -2.49. The summed E-state index contributed by atoms with van der Waals surface area (Å²) in [6.45, 7) is 3.57. The minimum atomic E-state index is -3.66. The second-order valence-corrected chi connectivity index (χ2v) is 8.23. The summed E-state index contributed by atoms with van der Waals surface area (Å²) in [4.78, 5) is 25.0. The average molecular weight is 409 g/mol. The molecule has 1 aromatic carbocycles. The minimum Gasteiger partial charge on any atom is -0.469 e. The lowest BCUT2D eigenvalue weighted by Gasteiger charge is -2.16. The van der Waals surface area contributed by atoms with Gasteiger partial charge in [-0.25, -0.2) is 13.1 Å². The maximum absolute atomic E-state index is 12.5. The van der Waals surface area contributed by atoms with Crippen molar-refractivity contribution in [1.29, 1.82) is 0 Å². The van der Waals surface area contributed by atoms with Gasteiger partial charge in [0.1, 0.15) is 0 Å². The highest BCUT2D eigenvalue weighted by Crippen LogP contribution is 2.23. The van der Waals surface area contributed by atoms with Crippen molar-refractivity contribution in [3.63, 3.8) is 0 Å². The summed E-state index contributed by atoms with van der Waals surface area (Å²) in [6, 6.07) is 8.65. The fraction of sp³-hybridized carbons (Fsp3) is 0.222. The van der Waals surface area contributed by atoms with E-state index in [1.54, 1.807) is 0 Å². The number of nitrogens with one attached hydrogen (secondary N) is 2. The van der Waals surface area contributed by atoms with E-state index in [1.165, 1.54) is 48.8 Å². The molecule has 2 aromatic rings. The standard InChI is InChI=1S/C18H20N2O5S2/c1-3-10-19-27(23,24)14-8-6-13(7-9-14)18(22)20-15(12-17(21)25-2)16-5-4-11-26-16/h3-9,11,15,19H,1,10,12H2,2H3,(H,20,22). The summed E-state index contributed by atoms with van der Waals surface area (Å²) in [6.07, 6.45) is 1.44. The van der Waals surface area contributed by atoms with Crippen LogP contribution in [0.3, 0.4) is 0 Å². The molecule has 0 radical (unpaired) electrons. The number of carbonyl (C=O) groups excluding carboxylic acids is 2. The zero-order valence-corrected chi connectivity index (χ0v) is 16.3. The van der Waals surface area contributed by atoms with Gasteiger partial charge in [0, 0.05) is 17.0 Å². The highest BCUT2D eigenvalue weighted by molar-refractivity contribution is 7.89. The third-order valence-corrected chi connectivity index (χ3v) is 6.06. The van der Waals surface area contributed by atoms with Crippen molar-refractivity contribution in [2.24, 2.45) is 0 Å². The molecule has 2 rings (SSSR count). The summed E-state index contributed by atoms with van der Waals surface area (Å²) >= 11 is 1.42. The number of thiophene rings is 1. The smallest absolute Gasteiger partial charge is 0.307 e. The molecular weight excluding hydrogens is 388 g/mol. The molecule has 0 aliphatic rings. The van der Waals surface area contributed by atoms with Crippen LogP contribution < -0.4 is 10.0 Å². The first-order valence-electron chi connectivity index (χ1n) is 7.99. The summed E-state index contributed by atoms with van der Waals surface area (Å²) in [5.74, 6) is -0.858. The Morgan fingerprint density at radius 1 is 1.26 bits per heavy atom. The molecule has 27 heavy (non-hydrogen) atoms. The first-order chi connectivity index (χ1) is 12.9. The molecule has 0 aliphatic carbocycles. The number of methoxy groups -OCH3 is 1. The summed E-state index contributed by atoms with van der Waals surface area (Å²) < 4.78 is 31.1. The molecule has 2 N–H and O–H groups in total. The summed E-state index contributed by atoms with van der Waals surface area (Å²) in [5.41, 5.74) is 0.282. The van der Waals surface area contributed by atoms with Crippen molar-refractivity contribution in [1.82, 2.24) is 10.0 Å². The maximum atomic E-state index is 12.5. The van der Waals surface area contributed by atoms with Gasteiger partial charge in [-0.3, -0.25) is 9.59 Å². The number of benzene rings is 1. The van der Waals surface area contributed by atoms with Crippen molar-refractivity contribution in [2.75, 3.05) is 13.7 Å². The lowest BCUT2D eigenvalue weighted by molar-refractivity contribution is -0.141. The minimum absolute atomic E-state index is 0.000684. The van der Waals surface area contributed by atoms with Crippen LogP contribution in [0.2, 0.25) is 0 Å². The number of carbonyl (C=O) groups is 2. The van der Waals surface area contributed by atoms with Gasteiger partial charge in [0.2, 0.25) is 10.0 Å². The Bertz CT molecular complexity index is 890. The van der Waals surface area contributed by atoms with E-state index in [-0.39, 0.29) is 23.4 Å². The molecule has 0 bridgehead atoms. The second-order valence-electron chi connectivity index (χ2n) is 5.49. The molecule has 9 heteroatoms. The fourth-order valence-corrected chi connectivity index (χ4v) is 4.02. The zero-order chi connectivity index (χ0) is 19.9. The molecule has 1 unspecified atom stereocenters. The van der Waals surface area contributed by atoms with Crippen molar-refractivity contribution < 1.29 is 22.7 Å². The maximum Gasteiger partial charge on any atom is 0.307 e. The Morgan fingerprint density at radius 2 is 1.96 bits per heavy atom. The number of hydrogen-bond donors (Lipinski definition) is 2. The van der Waals surface area contributed by atoms with Gasteiger partial charge in [-0.15, -0.1) is 17.9 Å². The molecule has 0 aliphatic heterocycles. The third-order valence-electron chi connectivity index (χ3n) is 3.63. The third kappa shape index (κ3) is 5.75. The van der Waals surface area contributed by atoms with E-state index in [1.807, 2.05) is 17.5 Å². The number of hydrogen-bond acceptors (Lipinski definition) is 6. The van der Waals surface area contributed by atoms with Gasteiger partial charge in [-0.05, 0) is 35.7 Å². The van der Waals surface area contributed by atoms with Gasteiger partial charge in [0.25, 0.3) is 5.91 Å². The first kappa shape index (κ1) is 20.8. The van der Waals surface area contributed by atoms with Crippen molar-refractivity contribution in [3.05, 3.63) is 64.9 Å². The Morgan fingerprint density at radius 3 is 2.52 bits per heavy atom. The van der Waals surface area contributed by atoms with Gasteiger partial charge in [0.05, 0.1) is 24.5 Å². The van der Waals surface area contributed by atoms with Crippen LogP contribution in [0.5, 0.6) is 0 Å². The largest absolute Gasteiger partial charge is 0.469 e. The van der Waals surface area contributed by atoms with Gasteiger partial charge < -0.3 is 10.1 Å². The molecule has 0 fully saturated rings. The van der Waals surface area contributed by atoms with E-state index >= 15 is 0 Å². The molecule has 1 aromatic heterocycles. The van der Waals surface area contributed by atoms with Crippen molar-refractivity contribution >= 4 is 33.2 Å². The highest BCUT2D eigenvalue weighted by atomic mass is 32.2. The van der Waals surface area contributed by atoms with Crippen LogP contribution in [0.1, 0.15) is 27.7 Å². The molecule has 0 saturated heterocycles. The normalized spacial score (nSPS) is 12.2. The number of ether oxygens (including phenoxy) is 1. The fourth-order valence-electron chi connectivity index (χ4n) is 2.24. The van der Waals surface area contributed by atoms with Crippen molar-refractivity contribution in [3.8, 4) is 0 Å². The molecule has 1 amide bonds. The average Bonchev–Trinajstić information content (AvgIpc) is 3.20. The van der Waals surface area contributed by atoms with Crippen LogP contribution in [0.4, 0.5) is 0 Å². The number of esters is 1. The lowest BCUT2D eigenvalue weighted by Crippen LogP contribution is -2.30. The van der Waals surface area contributed by atoms with Gasteiger partial charge in [-0.2, -0.15) is 0 Å². The van der Waals surface area contributed by atoms with Gasteiger partial charge in [0.15, 0.2) is 0 Å². The van der Waals surface area contributed by atoms with Crippen molar-refractivity contribution in [2.45, 2.75) is 17.4 Å². The predicted molar refractivity (Wildman–Crippen MR) is 103 cm³/mol. The van der Waals surface area contributed by atoms with Crippen LogP contribution in [0.25, 0.3) is 0 Å². The molecule has 144 valence electrons. The predicted octanol–water partition coefficient (Wildman–Crippen LogP) is 2.25. The van der Waals surface area contributed by atoms with E-state index in [9.17, 15) is 18.0 Å². The van der Waals surface area contributed by atoms with Gasteiger partial charge in [-0.1, -0.05) is 12.1 Å². The molecule has 1 atom stereocenters. The number of amides is 1. The van der Waals surface area contributed by atoms with E-state index < -0.39 is 27.9 Å². The van der Waals surface area contributed by atoms with Crippen LogP contribution in [-0.2, 0) is 19.6 Å². The van der Waals surface area contributed by atoms with Crippen LogP contribution >= 0.6 is 11.3 Å². The van der Waals surface area contributed by atoms with Crippen LogP contribution in [0, 0.1) is 0 Å². The zero-order valence-electron chi connectivity index (χ0n) is 14.7. The lowest BCUT2D eigenvalue weighted by atomic mass is 10.1. The van der Waals surface area contributed by atoms with E-state index in [2.05, 4.69) is 21.4 Å². The Labute approximate surface area is 162 Å². The quantitative estimate of drug-likeness (QED) is 0.489. The summed E-state index contributed by atoms with van der Waals surface area (Å²) in [5, 5.41) is 4.63. The molecule has 1 heterocycles. The highest BCUT2D eigenvalue weighted by Gasteiger charge is 2.21. The Kier molecular flexibility index (Phi) is 7.28. The van der Waals surface area contributed by atoms with E-state index in [4.69, 9.17) is 0 Å². The topological polar surface area (TPSA) is 102 Å². The van der Waals surface area contributed by atoms with E-state index in [0.717, 1.165) is 4.88 Å². The van der Waals surface area contributed by atoms with Crippen LogP contribution in [-0.4, -0.2) is 33.9 Å². The molecule has 7 nitrogen and oxygen atoms in total. The first-order valence-corrected chi connectivity index (χ1v) is 10.4. The SMILES string of the molecule is C=CCNS(=O)(=O)c1ccc(C(=O)NC(CC(=O)OC)c2cccs2)cc1. The number of rotatable bonds is 9. The monoisotopic (exact) mass is 408 g/mol. The molecular formula is C18H20N2O5S2.